The SMILES string of the molecule is C[N-]/C(=C\C(=N)c1ccc(-c2cnc(N3CCC(NC)C3)nn2)c(O)c1)SC.[K+]. The molecule has 0 amide bonds. The summed E-state index contributed by atoms with van der Waals surface area (Å²) in [6.45, 7) is 1.75. The molecule has 0 spiro atoms. The van der Waals surface area contributed by atoms with Gasteiger partial charge in [0.05, 0.1) is 11.9 Å². The number of thioether (sulfide) groups is 1. The van der Waals surface area contributed by atoms with Gasteiger partial charge in [-0.2, -0.15) is 11.8 Å². The Bertz CT molecular complexity index is 869. The predicted octanol–water partition coefficient (Wildman–Crippen LogP) is -0.378. The normalized spacial score (nSPS) is 16.4. The zero-order valence-electron chi connectivity index (χ0n) is 17.2. The maximum Gasteiger partial charge on any atom is 1.00 e. The van der Waals surface area contributed by atoms with E-state index in [2.05, 4.69) is 30.7 Å². The van der Waals surface area contributed by atoms with E-state index >= 15 is 0 Å². The summed E-state index contributed by atoms with van der Waals surface area (Å²) >= 11 is 1.47. The zero-order valence-corrected chi connectivity index (χ0v) is 21.1. The fraction of sp³-hybridized carbons (Fsp3) is 0.368. The van der Waals surface area contributed by atoms with Gasteiger partial charge in [0, 0.05) is 30.3 Å². The molecule has 8 nitrogen and oxygen atoms in total. The molecule has 1 aromatic heterocycles. The molecular formula is C19H24KN7OS. The minimum atomic E-state index is 0. The monoisotopic (exact) mass is 437 g/mol. The second kappa shape index (κ2) is 11.4. The Kier molecular flexibility index (Phi) is 9.53. The molecule has 0 aliphatic carbocycles. The Hall–Kier alpha value is -1.01. The molecule has 1 saturated heterocycles. The van der Waals surface area contributed by atoms with Crippen LogP contribution in [0.4, 0.5) is 5.95 Å². The van der Waals surface area contributed by atoms with Gasteiger partial charge in [0.25, 0.3) is 0 Å². The van der Waals surface area contributed by atoms with E-state index in [-0.39, 0.29) is 62.8 Å². The van der Waals surface area contributed by atoms with E-state index in [1.807, 2.05) is 13.3 Å². The van der Waals surface area contributed by atoms with E-state index in [1.54, 1.807) is 37.5 Å². The van der Waals surface area contributed by atoms with Crippen molar-refractivity contribution in [1.82, 2.24) is 20.5 Å². The Labute approximate surface area is 217 Å². The molecule has 1 unspecified atom stereocenters. The van der Waals surface area contributed by atoms with Crippen molar-refractivity contribution in [2.75, 3.05) is 38.3 Å². The number of phenolic OH excluding ortho intramolecular Hbond substituents is 1. The molecule has 0 saturated carbocycles. The largest absolute Gasteiger partial charge is 1.00 e. The number of hydrogen-bond acceptors (Lipinski definition) is 8. The second-order valence-corrected chi connectivity index (χ2v) is 7.25. The second-order valence-electron chi connectivity index (χ2n) is 6.42. The van der Waals surface area contributed by atoms with Crippen molar-refractivity contribution < 1.29 is 56.5 Å². The van der Waals surface area contributed by atoms with Crippen LogP contribution in [0.25, 0.3) is 16.6 Å². The van der Waals surface area contributed by atoms with E-state index in [4.69, 9.17) is 5.41 Å². The summed E-state index contributed by atoms with van der Waals surface area (Å²) < 4.78 is 0. The van der Waals surface area contributed by atoms with Gasteiger partial charge < -0.3 is 26.0 Å². The number of nitrogens with one attached hydrogen (secondary N) is 2. The number of aromatic nitrogens is 3. The fourth-order valence-corrected chi connectivity index (χ4v) is 3.47. The van der Waals surface area contributed by atoms with Crippen LogP contribution in [-0.4, -0.2) is 65.5 Å². The Balaban J connectivity index is 0.00000300. The van der Waals surface area contributed by atoms with Gasteiger partial charge >= 0.3 is 51.4 Å². The van der Waals surface area contributed by atoms with Crippen LogP contribution >= 0.6 is 11.8 Å². The predicted molar refractivity (Wildman–Crippen MR) is 114 cm³/mol. The molecule has 3 N–H and O–H groups in total. The van der Waals surface area contributed by atoms with Gasteiger partial charge in [-0.05, 0) is 37.9 Å². The molecule has 0 bridgehead atoms. The first-order chi connectivity index (χ1) is 13.5. The van der Waals surface area contributed by atoms with Crippen molar-refractivity contribution in [3.8, 4) is 17.0 Å². The van der Waals surface area contributed by atoms with Gasteiger partial charge in [0.15, 0.2) is 0 Å². The van der Waals surface area contributed by atoms with Crippen molar-refractivity contribution in [2.24, 2.45) is 0 Å². The van der Waals surface area contributed by atoms with Crippen LogP contribution in [-0.2, 0) is 0 Å². The van der Waals surface area contributed by atoms with E-state index in [9.17, 15) is 5.11 Å². The molecule has 1 fully saturated rings. The third-order valence-electron chi connectivity index (χ3n) is 4.71. The number of aromatic hydroxyl groups is 1. The van der Waals surface area contributed by atoms with Gasteiger partial charge in [-0.3, -0.25) is 0 Å². The molecule has 2 heterocycles. The van der Waals surface area contributed by atoms with Crippen molar-refractivity contribution in [2.45, 2.75) is 12.5 Å². The van der Waals surface area contributed by atoms with Crippen LogP contribution in [0.5, 0.6) is 5.75 Å². The molecular weight excluding hydrogens is 413 g/mol. The summed E-state index contributed by atoms with van der Waals surface area (Å²) in [6.07, 6.45) is 6.25. The number of allylic oxidation sites excluding steroid dienone is 1. The van der Waals surface area contributed by atoms with Gasteiger partial charge in [0.1, 0.15) is 11.4 Å². The number of anilines is 1. The molecule has 3 rings (SSSR count). The summed E-state index contributed by atoms with van der Waals surface area (Å²) in [6, 6.07) is 5.49. The van der Waals surface area contributed by atoms with Gasteiger partial charge in [0.2, 0.25) is 5.95 Å². The summed E-state index contributed by atoms with van der Waals surface area (Å²) in [7, 11) is 3.64. The molecule has 1 aromatic carbocycles. The molecule has 29 heavy (non-hydrogen) atoms. The fourth-order valence-electron chi connectivity index (χ4n) is 3.05. The first-order valence-electron chi connectivity index (χ1n) is 8.95. The average molecular weight is 438 g/mol. The summed E-state index contributed by atoms with van der Waals surface area (Å²) in [5.74, 6) is 0.632. The molecule has 10 heteroatoms. The molecule has 1 aliphatic rings. The van der Waals surface area contributed by atoms with Crippen molar-refractivity contribution >= 4 is 23.4 Å². The van der Waals surface area contributed by atoms with E-state index < -0.39 is 0 Å². The number of phenols is 1. The standard InChI is InChI=1S/C19H24N7OS.K/c1-21-13-6-7-26(11-13)19-23-10-16(24-25-19)14-5-4-12(8-17(14)27)15(20)9-18(22-2)28-3;/h4-5,8-10,13,21H,6-7,11H2,1-3H3,(H2-,20,22,24,27);/q-1;+1. The van der Waals surface area contributed by atoms with Crippen LogP contribution in [0.15, 0.2) is 35.5 Å². The Morgan fingerprint density at radius 1 is 1.41 bits per heavy atom. The third kappa shape index (κ3) is 6.00. The van der Waals surface area contributed by atoms with Crippen LogP contribution in [0.3, 0.4) is 0 Å². The van der Waals surface area contributed by atoms with Crippen molar-refractivity contribution in [3.63, 3.8) is 0 Å². The van der Waals surface area contributed by atoms with E-state index in [1.165, 1.54) is 11.8 Å². The zero-order chi connectivity index (χ0) is 20.1. The van der Waals surface area contributed by atoms with Crippen molar-refractivity contribution in [3.05, 3.63) is 46.4 Å². The number of likely N-dealkylation sites (N-methyl/N-ethyl adjacent to an activating group) is 1. The maximum atomic E-state index is 10.4. The van der Waals surface area contributed by atoms with E-state index in [0.717, 1.165) is 24.5 Å². The van der Waals surface area contributed by atoms with Crippen molar-refractivity contribution in [1.29, 1.82) is 5.41 Å². The summed E-state index contributed by atoms with van der Waals surface area (Å²) in [4.78, 5) is 6.51. The van der Waals surface area contributed by atoms with E-state index in [0.29, 0.717) is 28.8 Å². The van der Waals surface area contributed by atoms with Gasteiger partial charge in [-0.1, -0.05) is 6.07 Å². The van der Waals surface area contributed by atoms with Crippen LogP contribution < -0.4 is 61.6 Å². The first kappa shape index (κ1) is 24.3. The topological polar surface area (TPSA) is 112 Å². The average Bonchev–Trinajstić information content (AvgIpc) is 3.21. The summed E-state index contributed by atoms with van der Waals surface area (Å²) in [5.41, 5.74) is 1.91. The number of hydrogen-bond donors (Lipinski definition) is 3. The van der Waals surface area contributed by atoms with Crippen LogP contribution in [0, 0.1) is 5.41 Å². The van der Waals surface area contributed by atoms with Gasteiger partial charge in [-0.25, -0.2) is 4.98 Å². The molecule has 1 aliphatic heterocycles. The summed E-state index contributed by atoms with van der Waals surface area (Å²) in [5, 5.41) is 35.2. The van der Waals surface area contributed by atoms with Crippen LogP contribution in [0.1, 0.15) is 12.0 Å². The third-order valence-corrected chi connectivity index (χ3v) is 5.43. The minimum absolute atomic E-state index is 0. The maximum absolute atomic E-state index is 10.4. The van der Waals surface area contributed by atoms with Gasteiger partial charge in [-0.15, -0.1) is 22.3 Å². The minimum Gasteiger partial charge on any atom is -0.681 e. The first-order valence-corrected chi connectivity index (χ1v) is 10.2. The quantitative estimate of drug-likeness (QED) is 0.400. The van der Waals surface area contributed by atoms with Crippen LogP contribution in [0.2, 0.25) is 0 Å². The smallest absolute Gasteiger partial charge is 0.681 e. The number of rotatable bonds is 7. The number of nitrogens with zero attached hydrogens (tertiary/aromatic N) is 5. The Morgan fingerprint density at radius 2 is 2.21 bits per heavy atom. The Morgan fingerprint density at radius 3 is 2.76 bits per heavy atom. The molecule has 148 valence electrons. The molecule has 0 radical (unpaired) electrons. The molecule has 1 atom stereocenters. The number of benzene rings is 1. The molecule has 2 aromatic rings.